The van der Waals surface area contributed by atoms with Crippen LogP contribution in [-0.4, -0.2) is 15.6 Å². The first-order chi connectivity index (χ1) is 7.85. The third-order valence-electron chi connectivity index (χ3n) is 5.10. The summed E-state index contributed by atoms with van der Waals surface area (Å²) in [6.07, 6.45) is 4.80. The lowest BCUT2D eigenvalue weighted by atomic mass is 9.57. The molecule has 1 saturated carbocycles. The summed E-state index contributed by atoms with van der Waals surface area (Å²) in [6, 6.07) is 0. The molecule has 1 fully saturated rings. The Morgan fingerprint density at radius 1 is 1.41 bits per heavy atom. The van der Waals surface area contributed by atoms with E-state index >= 15 is 0 Å². The molecule has 92 valence electrons. The van der Waals surface area contributed by atoms with Crippen LogP contribution in [0, 0.1) is 11.3 Å². The van der Waals surface area contributed by atoms with Crippen LogP contribution >= 0.6 is 0 Å². The molecule has 0 radical (unpaired) electrons. The number of hydrogen-bond donors (Lipinski definition) is 0. The highest BCUT2D eigenvalue weighted by atomic mass is 16.1. The van der Waals surface area contributed by atoms with Gasteiger partial charge in [-0.25, -0.2) is 0 Å². The van der Waals surface area contributed by atoms with E-state index in [0.717, 1.165) is 12.8 Å². The molecule has 0 aliphatic heterocycles. The van der Waals surface area contributed by atoms with Gasteiger partial charge in [0.25, 0.3) is 0 Å². The summed E-state index contributed by atoms with van der Waals surface area (Å²) in [5.74, 6) is 0.851. The lowest BCUT2D eigenvalue weighted by Crippen LogP contribution is -2.48. The van der Waals surface area contributed by atoms with E-state index in [9.17, 15) is 4.79 Å². The molecule has 0 bridgehead atoms. The second kappa shape index (κ2) is 3.01. The van der Waals surface area contributed by atoms with Crippen molar-refractivity contribution in [1.82, 2.24) is 9.78 Å². The highest BCUT2D eigenvalue weighted by molar-refractivity contribution is 5.86. The van der Waals surface area contributed by atoms with Crippen molar-refractivity contribution in [1.29, 1.82) is 0 Å². The van der Waals surface area contributed by atoms with Gasteiger partial charge in [-0.2, -0.15) is 5.10 Å². The number of aryl methyl sites for hydroxylation is 1. The summed E-state index contributed by atoms with van der Waals surface area (Å²) >= 11 is 0. The van der Waals surface area contributed by atoms with Crippen LogP contribution in [0.4, 0.5) is 0 Å². The van der Waals surface area contributed by atoms with E-state index in [1.165, 1.54) is 11.3 Å². The Balaban J connectivity index is 2.12. The van der Waals surface area contributed by atoms with Gasteiger partial charge in [0.15, 0.2) is 0 Å². The second-order valence-electron chi connectivity index (χ2n) is 6.50. The molecular formula is C14H20N2O. The molecule has 1 heterocycles. The SMILES string of the molecule is Cn1cc2c(n1)[C@@]1(C)CCC(=O)C(C)(C)[C@@H]1C2. The van der Waals surface area contributed by atoms with Crippen LogP contribution in [0.5, 0.6) is 0 Å². The molecule has 2 atom stereocenters. The van der Waals surface area contributed by atoms with Crippen molar-refractivity contribution in [2.45, 2.75) is 45.4 Å². The number of aromatic nitrogens is 2. The first-order valence-electron chi connectivity index (χ1n) is 6.42. The second-order valence-corrected chi connectivity index (χ2v) is 6.50. The predicted molar refractivity (Wildman–Crippen MR) is 65.8 cm³/mol. The van der Waals surface area contributed by atoms with Crippen LogP contribution in [0.15, 0.2) is 6.20 Å². The highest BCUT2D eigenvalue weighted by Gasteiger charge is 2.56. The summed E-state index contributed by atoms with van der Waals surface area (Å²) < 4.78 is 1.91. The Morgan fingerprint density at radius 2 is 2.12 bits per heavy atom. The van der Waals surface area contributed by atoms with Crippen LogP contribution in [0.25, 0.3) is 0 Å². The third-order valence-corrected chi connectivity index (χ3v) is 5.10. The van der Waals surface area contributed by atoms with Crippen molar-refractivity contribution in [3.05, 3.63) is 17.5 Å². The van der Waals surface area contributed by atoms with Crippen molar-refractivity contribution < 1.29 is 4.79 Å². The molecule has 3 rings (SSSR count). The summed E-state index contributed by atoms with van der Waals surface area (Å²) in [7, 11) is 1.98. The standard InChI is InChI=1S/C14H20N2O/c1-13(2)10-7-9-8-16(4)15-12(9)14(10,3)6-5-11(13)17/h8,10H,5-7H2,1-4H3/t10-,14-/m0/s1. The first-order valence-corrected chi connectivity index (χ1v) is 6.42. The number of rotatable bonds is 0. The number of fused-ring (bicyclic) bond motifs is 3. The monoisotopic (exact) mass is 232 g/mol. The van der Waals surface area contributed by atoms with Crippen molar-refractivity contribution in [2.75, 3.05) is 0 Å². The van der Waals surface area contributed by atoms with E-state index in [1.807, 2.05) is 11.7 Å². The van der Waals surface area contributed by atoms with E-state index in [4.69, 9.17) is 0 Å². The predicted octanol–water partition coefficient (Wildman–Crippen LogP) is 2.24. The fraction of sp³-hybridized carbons (Fsp3) is 0.714. The van der Waals surface area contributed by atoms with Crippen LogP contribution in [0.2, 0.25) is 0 Å². The van der Waals surface area contributed by atoms with Gasteiger partial charge in [-0.05, 0) is 24.3 Å². The topological polar surface area (TPSA) is 34.9 Å². The minimum absolute atomic E-state index is 0.105. The fourth-order valence-electron chi connectivity index (χ4n) is 4.01. The first kappa shape index (κ1) is 11.0. The summed E-state index contributed by atoms with van der Waals surface area (Å²) in [5, 5.41) is 4.64. The van der Waals surface area contributed by atoms with Crippen molar-refractivity contribution >= 4 is 5.78 Å². The number of ketones is 1. The lowest BCUT2D eigenvalue weighted by Gasteiger charge is -2.45. The van der Waals surface area contributed by atoms with Gasteiger partial charge in [0, 0.05) is 30.5 Å². The molecule has 0 N–H and O–H groups in total. The Bertz CT molecular complexity index is 500. The fourth-order valence-corrected chi connectivity index (χ4v) is 4.01. The van der Waals surface area contributed by atoms with E-state index in [1.54, 1.807) is 0 Å². The normalized spacial score (nSPS) is 34.6. The molecule has 0 spiro atoms. The molecule has 3 heteroatoms. The van der Waals surface area contributed by atoms with E-state index in [0.29, 0.717) is 18.1 Å². The smallest absolute Gasteiger partial charge is 0.138 e. The Hall–Kier alpha value is -1.12. The number of carbonyl (C=O) groups excluding carboxylic acids is 1. The lowest BCUT2D eigenvalue weighted by molar-refractivity contribution is -0.135. The van der Waals surface area contributed by atoms with Gasteiger partial charge >= 0.3 is 0 Å². The molecule has 2 aliphatic carbocycles. The van der Waals surface area contributed by atoms with Gasteiger partial charge in [0.2, 0.25) is 0 Å². The Labute approximate surface area is 102 Å². The molecule has 1 aromatic heterocycles. The van der Waals surface area contributed by atoms with Crippen LogP contribution in [0.1, 0.15) is 44.9 Å². The minimum atomic E-state index is -0.195. The van der Waals surface area contributed by atoms with Crippen molar-refractivity contribution in [3.63, 3.8) is 0 Å². The van der Waals surface area contributed by atoms with Gasteiger partial charge in [-0.3, -0.25) is 9.48 Å². The van der Waals surface area contributed by atoms with Crippen molar-refractivity contribution in [3.8, 4) is 0 Å². The van der Waals surface area contributed by atoms with Gasteiger partial charge in [0.05, 0.1) is 5.69 Å². The summed E-state index contributed by atoms with van der Waals surface area (Å²) in [4.78, 5) is 12.1. The van der Waals surface area contributed by atoms with Gasteiger partial charge in [0.1, 0.15) is 5.78 Å². The molecule has 0 aromatic carbocycles. The quantitative estimate of drug-likeness (QED) is 0.687. The molecule has 0 amide bonds. The van der Waals surface area contributed by atoms with Gasteiger partial charge < -0.3 is 0 Å². The third kappa shape index (κ3) is 1.23. The van der Waals surface area contributed by atoms with Crippen LogP contribution in [-0.2, 0) is 23.7 Å². The summed E-state index contributed by atoms with van der Waals surface area (Å²) in [5.41, 5.74) is 2.50. The maximum Gasteiger partial charge on any atom is 0.138 e. The minimum Gasteiger partial charge on any atom is -0.299 e. The Morgan fingerprint density at radius 3 is 2.82 bits per heavy atom. The molecule has 2 aliphatic rings. The number of carbonyl (C=O) groups is 1. The average molecular weight is 232 g/mol. The number of nitrogens with zero attached hydrogens (tertiary/aromatic N) is 2. The Kier molecular flexibility index (Phi) is 1.94. The van der Waals surface area contributed by atoms with Crippen LogP contribution < -0.4 is 0 Å². The number of Topliss-reactive ketones (excluding diaryl/α,β-unsaturated/α-hetero) is 1. The number of hydrogen-bond acceptors (Lipinski definition) is 2. The maximum absolute atomic E-state index is 12.1. The highest BCUT2D eigenvalue weighted by Crippen LogP contribution is 2.56. The van der Waals surface area contributed by atoms with Gasteiger partial charge in [-0.1, -0.05) is 20.8 Å². The van der Waals surface area contributed by atoms with Gasteiger partial charge in [-0.15, -0.1) is 0 Å². The molecule has 3 nitrogen and oxygen atoms in total. The maximum atomic E-state index is 12.1. The molecule has 17 heavy (non-hydrogen) atoms. The van der Waals surface area contributed by atoms with E-state index in [2.05, 4.69) is 32.1 Å². The zero-order valence-corrected chi connectivity index (χ0v) is 11.1. The van der Waals surface area contributed by atoms with Crippen molar-refractivity contribution in [2.24, 2.45) is 18.4 Å². The molecule has 1 aromatic rings. The van der Waals surface area contributed by atoms with E-state index < -0.39 is 0 Å². The molecule has 0 unspecified atom stereocenters. The average Bonchev–Trinajstić information content (AvgIpc) is 2.72. The zero-order chi connectivity index (χ0) is 12.4. The largest absolute Gasteiger partial charge is 0.299 e. The van der Waals surface area contributed by atoms with Crippen LogP contribution in [0.3, 0.4) is 0 Å². The van der Waals surface area contributed by atoms with E-state index in [-0.39, 0.29) is 10.8 Å². The molecular weight excluding hydrogens is 212 g/mol. The zero-order valence-electron chi connectivity index (χ0n) is 11.1. The molecule has 0 saturated heterocycles. The summed E-state index contributed by atoms with van der Waals surface area (Å²) in [6.45, 7) is 6.53.